The molecule has 5 nitrogen and oxygen atoms in total. The van der Waals surface area contributed by atoms with Gasteiger partial charge < -0.3 is 20.4 Å². The predicted octanol–water partition coefficient (Wildman–Crippen LogP) is 3.84. The van der Waals surface area contributed by atoms with Gasteiger partial charge in [0.05, 0.1) is 18.3 Å². The Hall–Kier alpha value is -0.650. The van der Waals surface area contributed by atoms with Crippen molar-refractivity contribution < 1.29 is 25.2 Å². The van der Waals surface area contributed by atoms with Crippen molar-refractivity contribution in [2.24, 2.45) is 45.8 Å². The maximum atomic E-state index is 11.6. The molecule has 4 N–H and O–H groups in total. The minimum absolute atomic E-state index is 0.0332. The Balaban J connectivity index is 1.64. The fraction of sp³-hybridized carbons (Fsp3) is 0.960. The molecule has 0 spiro atoms. The highest BCUT2D eigenvalue weighted by Gasteiger charge is 2.68. The van der Waals surface area contributed by atoms with Gasteiger partial charge in [-0.2, -0.15) is 0 Å². The Labute approximate surface area is 181 Å². The molecule has 30 heavy (non-hydrogen) atoms. The van der Waals surface area contributed by atoms with Crippen molar-refractivity contribution in [1.29, 1.82) is 0 Å². The summed E-state index contributed by atoms with van der Waals surface area (Å²) < 4.78 is 0. The lowest BCUT2D eigenvalue weighted by molar-refractivity contribution is -0.233. The molecule has 0 bridgehead atoms. The van der Waals surface area contributed by atoms with E-state index < -0.39 is 12.1 Å². The predicted molar refractivity (Wildman–Crippen MR) is 115 cm³/mol. The molecule has 4 saturated carbocycles. The largest absolute Gasteiger partial charge is 0.481 e. The SMILES string of the molecule is C[C@H](CCC(=O)O)[C@H]1CC[C@H]2[C@@H]3C(O)C[C@]4(C)CC(O)CC[C@]4(C)[C@H]3CC(O)[C@]12C. The zero-order valence-electron chi connectivity index (χ0n) is 19.2. The summed E-state index contributed by atoms with van der Waals surface area (Å²) in [5, 5.41) is 42.5. The molecule has 0 amide bonds. The van der Waals surface area contributed by atoms with Crippen molar-refractivity contribution in [1.82, 2.24) is 0 Å². The lowest BCUT2D eigenvalue weighted by Crippen LogP contribution is -2.65. The number of rotatable bonds is 4. The highest BCUT2D eigenvalue weighted by Crippen LogP contribution is 2.71. The first kappa shape index (κ1) is 22.5. The Morgan fingerprint density at radius 3 is 2.40 bits per heavy atom. The minimum atomic E-state index is -0.750. The van der Waals surface area contributed by atoms with Crippen molar-refractivity contribution >= 4 is 5.97 Å². The van der Waals surface area contributed by atoms with Crippen LogP contribution in [0.25, 0.3) is 0 Å². The van der Waals surface area contributed by atoms with Gasteiger partial charge in [0, 0.05) is 6.42 Å². The van der Waals surface area contributed by atoms with E-state index in [0.29, 0.717) is 12.3 Å². The van der Waals surface area contributed by atoms with Crippen LogP contribution in [-0.2, 0) is 4.79 Å². The molecule has 0 saturated heterocycles. The van der Waals surface area contributed by atoms with Crippen LogP contribution < -0.4 is 0 Å². The molecule has 4 aliphatic rings. The van der Waals surface area contributed by atoms with Gasteiger partial charge in [0.25, 0.3) is 0 Å². The van der Waals surface area contributed by atoms with Gasteiger partial charge in [-0.05, 0) is 97.2 Å². The van der Waals surface area contributed by atoms with Gasteiger partial charge in [-0.3, -0.25) is 4.79 Å². The Bertz CT molecular complexity index is 680. The number of carboxylic acids is 1. The molecule has 4 fully saturated rings. The quantitative estimate of drug-likeness (QED) is 0.552. The van der Waals surface area contributed by atoms with Gasteiger partial charge in [0.1, 0.15) is 0 Å². The van der Waals surface area contributed by atoms with Crippen molar-refractivity contribution in [3.8, 4) is 0 Å². The normalized spacial score (nSPS) is 54.0. The van der Waals surface area contributed by atoms with Crippen LogP contribution in [0.3, 0.4) is 0 Å². The van der Waals surface area contributed by atoms with E-state index in [-0.39, 0.29) is 58.5 Å². The third kappa shape index (κ3) is 3.09. The Morgan fingerprint density at radius 2 is 1.73 bits per heavy atom. The van der Waals surface area contributed by atoms with E-state index >= 15 is 0 Å². The lowest BCUT2D eigenvalue weighted by atomic mass is 9.39. The number of hydrogen-bond acceptors (Lipinski definition) is 4. The van der Waals surface area contributed by atoms with Gasteiger partial charge in [-0.1, -0.05) is 27.7 Å². The van der Waals surface area contributed by atoms with Gasteiger partial charge >= 0.3 is 5.97 Å². The lowest BCUT2D eigenvalue weighted by Gasteiger charge is -2.67. The summed E-state index contributed by atoms with van der Waals surface area (Å²) in [7, 11) is 0. The molecular formula is C25H42O5. The number of aliphatic hydroxyl groups excluding tert-OH is 3. The summed E-state index contributed by atoms with van der Waals surface area (Å²) in [6.07, 6.45) is 5.78. The van der Waals surface area contributed by atoms with Crippen LogP contribution in [0.5, 0.6) is 0 Å². The molecule has 0 aromatic rings. The molecular weight excluding hydrogens is 380 g/mol. The monoisotopic (exact) mass is 422 g/mol. The first-order valence-corrected chi connectivity index (χ1v) is 12.2. The maximum Gasteiger partial charge on any atom is 0.303 e. The van der Waals surface area contributed by atoms with E-state index in [9.17, 15) is 20.1 Å². The maximum absolute atomic E-state index is 11.6. The fourth-order valence-corrected chi connectivity index (χ4v) is 9.13. The molecule has 5 heteroatoms. The number of aliphatic hydroxyl groups is 3. The average Bonchev–Trinajstić information content (AvgIpc) is 3.00. The van der Waals surface area contributed by atoms with E-state index in [1.807, 2.05) is 0 Å². The van der Waals surface area contributed by atoms with E-state index in [2.05, 4.69) is 27.7 Å². The number of hydrogen-bond donors (Lipinski definition) is 4. The number of carbonyl (C=O) groups is 1. The topological polar surface area (TPSA) is 98.0 Å². The summed E-state index contributed by atoms with van der Waals surface area (Å²) in [4.78, 5) is 11.1. The number of fused-ring (bicyclic) bond motifs is 5. The van der Waals surface area contributed by atoms with Crippen molar-refractivity contribution in [2.75, 3.05) is 0 Å². The van der Waals surface area contributed by atoms with Crippen LogP contribution in [0.2, 0.25) is 0 Å². The summed E-state index contributed by atoms with van der Waals surface area (Å²) in [5.74, 6) is 0.572. The van der Waals surface area contributed by atoms with E-state index in [1.165, 1.54) is 0 Å². The van der Waals surface area contributed by atoms with Crippen LogP contribution in [0.1, 0.15) is 85.5 Å². The smallest absolute Gasteiger partial charge is 0.303 e. The molecule has 11 atom stereocenters. The van der Waals surface area contributed by atoms with Crippen LogP contribution >= 0.6 is 0 Å². The first-order valence-electron chi connectivity index (χ1n) is 12.2. The standard InChI is InChI=1S/C25H42O5/c1-14(5-8-21(29)30)16-6-7-17-22-18(11-20(28)25(16,17)4)24(3)10-9-15(26)12-23(24,2)13-19(22)27/h14-20,22,26-28H,5-13H2,1-4H3,(H,29,30)/t14-,15?,16-,17+,18+,19?,20?,22+,23+,24-,25-/m1/s1. The van der Waals surface area contributed by atoms with Crippen LogP contribution in [0.15, 0.2) is 0 Å². The Kier molecular flexibility index (Phi) is 5.60. The van der Waals surface area contributed by atoms with E-state index in [1.54, 1.807) is 0 Å². The van der Waals surface area contributed by atoms with Crippen LogP contribution in [-0.4, -0.2) is 44.7 Å². The summed E-state index contributed by atoms with van der Waals surface area (Å²) in [6, 6.07) is 0. The van der Waals surface area contributed by atoms with Crippen LogP contribution in [0, 0.1) is 45.8 Å². The average molecular weight is 423 g/mol. The molecule has 0 radical (unpaired) electrons. The number of carboxylic acid groups (broad SMARTS) is 1. The van der Waals surface area contributed by atoms with Gasteiger partial charge in [-0.25, -0.2) is 0 Å². The van der Waals surface area contributed by atoms with Crippen molar-refractivity contribution in [2.45, 2.75) is 104 Å². The summed E-state index contributed by atoms with van der Waals surface area (Å²) >= 11 is 0. The van der Waals surface area contributed by atoms with Gasteiger partial charge in [0.2, 0.25) is 0 Å². The van der Waals surface area contributed by atoms with Crippen molar-refractivity contribution in [3.05, 3.63) is 0 Å². The zero-order chi connectivity index (χ0) is 22.1. The highest BCUT2D eigenvalue weighted by molar-refractivity contribution is 5.66. The Morgan fingerprint density at radius 1 is 1.03 bits per heavy atom. The second-order valence-electron chi connectivity index (χ2n) is 12.1. The zero-order valence-corrected chi connectivity index (χ0v) is 19.2. The third-order valence-electron chi connectivity index (χ3n) is 11.0. The van der Waals surface area contributed by atoms with Crippen LogP contribution in [0.4, 0.5) is 0 Å². The summed E-state index contributed by atoms with van der Waals surface area (Å²) in [5.41, 5.74) is -0.310. The highest BCUT2D eigenvalue weighted by atomic mass is 16.4. The molecule has 0 heterocycles. The minimum Gasteiger partial charge on any atom is -0.481 e. The second kappa shape index (κ2) is 7.45. The summed E-state index contributed by atoms with van der Waals surface area (Å²) in [6.45, 7) is 8.99. The molecule has 172 valence electrons. The van der Waals surface area contributed by atoms with E-state index in [4.69, 9.17) is 5.11 Å². The second-order valence-corrected chi connectivity index (χ2v) is 12.1. The molecule has 0 aliphatic heterocycles. The molecule has 4 aliphatic carbocycles. The fourth-order valence-electron chi connectivity index (χ4n) is 9.13. The molecule has 3 unspecified atom stereocenters. The van der Waals surface area contributed by atoms with Gasteiger partial charge in [0.15, 0.2) is 0 Å². The molecule has 4 rings (SSSR count). The van der Waals surface area contributed by atoms with E-state index in [0.717, 1.165) is 44.9 Å². The number of aliphatic carboxylic acids is 1. The third-order valence-corrected chi connectivity index (χ3v) is 11.0. The molecule has 0 aromatic heterocycles. The van der Waals surface area contributed by atoms with Gasteiger partial charge in [-0.15, -0.1) is 0 Å². The first-order chi connectivity index (χ1) is 13.9. The van der Waals surface area contributed by atoms with Crippen molar-refractivity contribution in [3.63, 3.8) is 0 Å². The molecule has 0 aromatic carbocycles.